The van der Waals surface area contributed by atoms with Gasteiger partial charge in [0.25, 0.3) is 5.91 Å². The van der Waals surface area contributed by atoms with Crippen molar-refractivity contribution < 1.29 is 13.6 Å². The van der Waals surface area contributed by atoms with Gasteiger partial charge >= 0.3 is 0 Å². The van der Waals surface area contributed by atoms with Crippen LogP contribution in [0.5, 0.6) is 0 Å². The molecule has 3 nitrogen and oxygen atoms in total. The van der Waals surface area contributed by atoms with Crippen molar-refractivity contribution in [1.29, 1.82) is 0 Å². The minimum Gasteiger partial charge on any atom is -0.319 e. The predicted octanol–water partition coefficient (Wildman–Crippen LogP) is 5.74. The number of halogens is 2. The zero-order valence-electron chi connectivity index (χ0n) is 15.0. The van der Waals surface area contributed by atoms with Crippen LogP contribution in [0.4, 0.5) is 14.5 Å². The Morgan fingerprint density at radius 1 is 0.929 bits per heavy atom. The van der Waals surface area contributed by atoms with Crippen molar-refractivity contribution in [3.63, 3.8) is 0 Å². The van der Waals surface area contributed by atoms with Gasteiger partial charge in [0.1, 0.15) is 11.6 Å². The highest BCUT2D eigenvalue weighted by Gasteiger charge is 2.16. The highest BCUT2D eigenvalue weighted by molar-refractivity contribution is 6.13. The molecule has 0 saturated heterocycles. The van der Waals surface area contributed by atoms with Gasteiger partial charge in [-0.3, -0.25) is 4.79 Å². The topological polar surface area (TPSA) is 42.0 Å². The molecule has 0 saturated carbocycles. The summed E-state index contributed by atoms with van der Waals surface area (Å²) in [6.45, 7) is 1.97. The number of anilines is 1. The van der Waals surface area contributed by atoms with E-state index < -0.39 is 17.5 Å². The SMILES string of the molecule is Cc1ccccc1-c1cc(C(=O)Nc2ccc(F)cc2F)c2ccccc2n1. The lowest BCUT2D eigenvalue weighted by atomic mass is 10.0. The van der Waals surface area contributed by atoms with Crippen molar-refractivity contribution in [3.8, 4) is 11.3 Å². The Morgan fingerprint density at radius 3 is 2.46 bits per heavy atom. The smallest absolute Gasteiger partial charge is 0.256 e. The van der Waals surface area contributed by atoms with Gasteiger partial charge in [-0.15, -0.1) is 0 Å². The minimum atomic E-state index is -0.828. The number of benzene rings is 3. The van der Waals surface area contributed by atoms with E-state index in [0.717, 1.165) is 23.3 Å². The molecule has 0 radical (unpaired) electrons. The first kappa shape index (κ1) is 17.8. The van der Waals surface area contributed by atoms with Crippen LogP contribution in [0.2, 0.25) is 0 Å². The average molecular weight is 374 g/mol. The Balaban J connectivity index is 1.83. The first-order valence-corrected chi connectivity index (χ1v) is 8.75. The minimum absolute atomic E-state index is 0.0789. The summed E-state index contributed by atoms with van der Waals surface area (Å²) in [4.78, 5) is 17.6. The van der Waals surface area contributed by atoms with Gasteiger partial charge in [0.2, 0.25) is 0 Å². The van der Waals surface area contributed by atoms with Crippen molar-refractivity contribution >= 4 is 22.5 Å². The fourth-order valence-corrected chi connectivity index (χ4v) is 3.14. The zero-order valence-corrected chi connectivity index (χ0v) is 15.0. The normalized spacial score (nSPS) is 10.8. The van der Waals surface area contributed by atoms with Crippen molar-refractivity contribution in [2.75, 3.05) is 5.32 Å². The third-order valence-electron chi connectivity index (χ3n) is 4.56. The fraction of sp³-hybridized carbons (Fsp3) is 0.0435. The highest BCUT2D eigenvalue weighted by atomic mass is 19.1. The molecular weight excluding hydrogens is 358 g/mol. The van der Waals surface area contributed by atoms with E-state index in [1.807, 2.05) is 49.4 Å². The number of carbonyl (C=O) groups excluding carboxylic acids is 1. The van der Waals surface area contributed by atoms with Crippen LogP contribution in [0.3, 0.4) is 0 Å². The van der Waals surface area contributed by atoms with Crippen LogP contribution in [0.1, 0.15) is 15.9 Å². The number of rotatable bonds is 3. The number of pyridine rings is 1. The van der Waals surface area contributed by atoms with Crippen LogP contribution in [-0.4, -0.2) is 10.9 Å². The van der Waals surface area contributed by atoms with Crippen molar-refractivity contribution in [2.24, 2.45) is 0 Å². The summed E-state index contributed by atoms with van der Waals surface area (Å²) in [6.07, 6.45) is 0. The number of aryl methyl sites for hydroxylation is 1. The molecule has 4 rings (SSSR count). The summed E-state index contributed by atoms with van der Waals surface area (Å²) < 4.78 is 27.1. The van der Waals surface area contributed by atoms with Crippen LogP contribution in [0.15, 0.2) is 72.8 Å². The van der Waals surface area contributed by atoms with E-state index in [1.165, 1.54) is 6.07 Å². The van der Waals surface area contributed by atoms with E-state index in [9.17, 15) is 13.6 Å². The van der Waals surface area contributed by atoms with Crippen LogP contribution in [0.25, 0.3) is 22.2 Å². The quantitative estimate of drug-likeness (QED) is 0.497. The molecule has 5 heteroatoms. The van der Waals surface area contributed by atoms with E-state index in [2.05, 4.69) is 10.3 Å². The number of amides is 1. The second-order valence-electron chi connectivity index (χ2n) is 6.47. The summed E-state index contributed by atoms with van der Waals surface area (Å²) in [7, 11) is 0. The largest absolute Gasteiger partial charge is 0.319 e. The van der Waals surface area contributed by atoms with Gasteiger partial charge in [-0.2, -0.15) is 0 Å². The fourth-order valence-electron chi connectivity index (χ4n) is 3.14. The summed E-state index contributed by atoms with van der Waals surface area (Å²) in [5, 5.41) is 3.18. The number of para-hydroxylation sites is 1. The Labute approximate surface area is 160 Å². The molecule has 4 aromatic rings. The zero-order chi connectivity index (χ0) is 19.7. The number of hydrogen-bond donors (Lipinski definition) is 1. The van der Waals surface area contributed by atoms with Gasteiger partial charge in [-0.1, -0.05) is 42.5 Å². The van der Waals surface area contributed by atoms with Crippen molar-refractivity contribution in [1.82, 2.24) is 4.98 Å². The van der Waals surface area contributed by atoms with Crippen LogP contribution >= 0.6 is 0 Å². The third-order valence-corrected chi connectivity index (χ3v) is 4.56. The first-order chi connectivity index (χ1) is 13.5. The molecule has 28 heavy (non-hydrogen) atoms. The molecule has 1 amide bonds. The van der Waals surface area contributed by atoms with Crippen LogP contribution < -0.4 is 5.32 Å². The molecule has 1 N–H and O–H groups in total. The lowest BCUT2D eigenvalue weighted by Gasteiger charge is -2.12. The molecular formula is C23H16F2N2O. The van der Waals surface area contributed by atoms with E-state index in [0.29, 0.717) is 22.2 Å². The van der Waals surface area contributed by atoms with E-state index in [4.69, 9.17) is 0 Å². The van der Waals surface area contributed by atoms with E-state index in [1.54, 1.807) is 12.1 Å². The maximum Gasteiger partial charge on any atom is 0.256 e. The van der Waals surface area contributed by atoms with E-state index in [-0.39, 0.29) is 5.69 Å². The lowest BCUT2D eigenvalue weighted by Crippen LogP contribution is -2.14. The van der Waals surface area contributed by atoms with Gasteiger partial charge in [0.05, 0.1) is 22.5 Å². The monoisotopic (exact) mass is 374 g/mol. The molecule has 0 unspecified atom stereocenters. The molecule has 0 aliphatic rings. The molecule has 1 aromatic heterocycles. The van der Waals surface area contributed by atoms with Crippen molar-refractivity contribution in [2.45, 2.75) is 6.92 Å². The summed E-state index contributed by atoms with van der Waals surface area (Å²) in [5.41, 5.74) is 3.54. The first-order valence-electron chi connectivity index (χ1n) is 8.75. The Morgan fingerprint density at radius 2 is 1.68 bits per heavy atom. The molecule has 3 aromatic carbocycles. The van der Waals surface area contributed by atoms with E-state index >= 15 is 0 Å². The number of hydrogen-bond acceptors (Lipinski definition) is 2. The molecule has 1 heterocycles. The highest BCUT2D eigenvalue weighted by Crippen LogP contribution is 2.28. The molecule has 0 aliphatic heterocycles. The summed E-state index contributed by atoms with van der Waals surface area (Å²) >= 11 is 0. The predicted molar refractivity (Wildman–Crippen MR) is 106 cm³/mol. The van der Waals surface area contributed by atoms with Crippen LogP contribution in [-0.2, 0) is 0 Å². The van der Waals surface area contributed by atoms with Gasteiger partial charge in [-0.05, 0) is 36.8 Å². The number of nitrogens with zero attached hydrogens (tertiary/aromatic N) is 1. The van der Waals surface area contributed by atoms with Crippen LogP contribution in [0, 0.1) is 18.6 Å². The third kappa shape index (κ3) is 3.34. The summed E-state index contributed by atoms with van der Waals surface area (Å²) in [5.74, 6) is -2.02. The molecule has 0 aliphatic carbocycles. The maximum atomic E-state index is 14.0. The van der Waals surface area contributed by atoms with Gasteiger partial charge in [-0.25, -0.2) is 13.8 Å². The average Bonchev–Trinajstić information content (AvgIpc) is 2.69. The standard InChI is InChI=1S/C23H16F2N2O/c1-14-6-2-3-7-16(14)22-13-18(17-8-4-5-9-20(17)26-22)23(28)27-21-11-10-15(24)12-19(21)25/h2-13H,1H3,(H,27,28). The Hall–Kier alpha value is -3.60. The Bertz CT molecular complexity index is 1200. The second-order valence-corrected chi connectivity index (χ2v) is 6.47. The number of fused-ring (bicyclic) bond motifs is 1. The Kier molecular flexibility index (Phi) is 4.57. The van der Waals surface area contributed by atoms with Gasteiger partial charge in [0.15, 0.2) is 0 Å². The molecule has 0 spiro atoms. The molecule has 0 fully saturated rings. The van der Waals surface area contributed by atoms with Crippen molar-refractivity contribution in [3.05, 3.63) is 95.6 Å². The molecule has 0 atom stereocenters. The molecule has 0 bridgehead atoms. The molecule has 138 valence electrons. The summed E-state index contributed by atoms with van der Waals surface area (Å²) in [6, 6.07) is 19.8. The second kappa shape index (κ2) is 7.19. The number of aromatic nitrogens is 1. The maximum absolute atomic E-state index is 14.0. The number of nitrogens with one attached hydrogen (secondary N) is 1. The number of carbonyl (C=O) groups is 1. The lowest BCUT2D eigenvalue weighted by molar-refractivity contribution is 0.102. The van der Waals surface area contributed by atoms with Gasteiger partial charge < -0.3 is 5.32 Å². The van der Waals surface area contributed by atoms with Gasteiger partial charge in [0, 0.05) is 17.0 Å².